The van der Waals surface area contributed by atoms with Gasteiger partial charge in [0.05, 0.1) is 21.2 Å². The van der Waals surface area contributed by atoms with Crippen molar-refractivity contribution in [2.24, 2.45) is 0 Å². The molecule has 2 atom stereocenters. The zero-order valence-corrected chi connectivity index (χ0v) is 16.1. The van der Waals surface area contributed by atoms with Gasteiger partial charge in [0.25, 0.3) is 17.7 Å². The maximum Gasteiger partial charge on any atom is 0.329 e. The summed E-state index contributed by atoms with van der Waals surface area (Å²) in [6, 6.07) is 1.24. The zero-order valence-electron chi connectivity index (χ0n) is 14.6. The number of imide groups is 1. The van der Waals surface area contributed by atoms with Crippen molar-refractivity contribution in [1.29, 1.82) is 0 Å². The topological polar surface area (TPSA) is 92.8 Å². The Morgan fingerprint density at radius 2 is 1.46 bits per heavy atom. The van der Waals surface area contributed by atoms with Gasteiger partial charge in [0.2, 0.25) is 0 Å². The van der Waals surface area contributed by atoms with Crippen LogP contribution in [0, 0.1) is 0 Å². The Bertz CT molecular complexity index is 753. The second-order valence-corrected chi connectivity index (χ2v) is 7.02. The van der Waals surface area contributed by atoms with Gasteiger partial charge in [-0.05, 0) is 39.8 Å². The Morgan fingerprint density at radius 3 is 1.88 bits per heavy atom. The second-order valence-electron chi connectivity index (χ2n) is 6.21. The van der Waals surface area contributed by atoms with Gasteiger partial charge in [0.1, 0.15) is 6.04 Å². The van der Waals surface area contributed by atoms with Crippen LogP contribution in [0.1, 0.15) is 48.4 Å². The lowest BCUT2D eigenvalue weighted by Crippen LogP contribution is -2.46. The minimum atomic E-state index is -1.21. The van der Waals surface area contributed by atoms with Crippen molar-refractivity contribution >= 4 is 46.9 Å². The van der Waals surface area contributed by atoms with Crippen molar-refractivity contribution < 1.29 is 23.9 Å². The largest absolute Gasteiger partial charge is 0.451 e. The molecule has 0 radical (unpaired) electrons. The molecule has 0 fully saturated rings. The van der Waals surface area contributed by atoms with Crippen LogP contribution >= 0.6 is 23.2 Å². The number of halogens is 2. The van der Waals surface area contributed by atoms with Gasteiger partial charge in [-0.15, -0.1) is 0 Å². The highest BCUT2D eigenvalue weighted by Crippen LogP contribution is 2.32. The molecule has 0 saturated carbocycles. The maximum atomic E-state index is 12.5. The molecule has 0 unspecified atom stereocenters. The Hall–Kier alpha value is -2.12. The molecule has 1 aromatic carbocycles. The molecule has 1 heterocycles. The third-order valence-corrected chi connectivity index (χ3v) is 4.50. The zero-order chi connectivity index (χ0) is 19.8. The van der Waals surface area contributed by atoms with E-state index in [1.165, 1.54) is 26.0 Å². The number of carbonyl (C=O) groups is 4. The average molecular weight is 401 g/mol. The van der Waals surface area contributed by atoms with E-state index in [-0.39, 0.29) is 27.2 Å². The number of fused-ring (bicyclic) bond motifs is 1. The number of nitrogens with one attached hydrogen (secondary N) is 1. The summed E-state index contributed by atoms with van der Waals surface area (Å²) < 4.78 is 5.08. The van der Waals surface area contributed by atoms with Crippen LogP contribution in [0.4, 0.5) is 0 Å². The van der Waals surface area contributed by atoms with Gasteiger partial charge in [0.15, 0.2) is 6.10 Å². The SMILES string of the molecule is CC(C)NC(=O)[C@@H](C)OC(=O)[C@H](C)N1C(=O)c2cc(Cl)c(Cl)cc2C1=O. The van der Waals surface area contributed by atoms with Gasteiger partial charge < -0.3 is 10.1 Å². The Kier molecular flexibility index (Phi) is 5.93. The van der Waals surface area contributed by atoms with E-state index in [1.54, 1.807) is 13.8 Å². The molecule has 3 amide bonds. The molecule has 0 aliphatic carbocycles. The number of amides is 3. The fourth-order valence-corrected chi connectivity index (χ4v) is 2.77. The van der Waals surface area contributed by atoms with E-state index in [4.69, 9.17) is 27.9 Å². The summed E-state index contributed by atoms with van der Waals surface area (Å²) in [5.74, 6) is -2.69. The summed E-state index contributed by atoms with van der Waals surface area (Å²) in [7, 11) is 0. The number of rotatable bonds is 5. The van der Waals surface area contributed by atoms with Crippen LogP contribution in [0.2, 0.25) is 10.0 Å². The summed E-state index contributed by atoms with van der Waals surface area (Å²) in [6.45, 7) is 6.29. The molecule has 1 N–H and O–H groups in total. The van der Waals surface area contributed by atoms with Crippen molar-refractivity contribution in [2.75, 3.05) is 0 Å². The van der Waals surface area contributed by atoms with Crippen LogP contribution in [-0.4, -0.2) is 46.8 Å². The normalized spacial score (nSPS) is 15.7. The van der Waals surface area contributed by atoms with Gasteiger partial charge in [-0.25, -0.2) is 4.79 Å². The first-order chi connectivity index (χ1) is 12.0. The lowest BCUT2D eigenvalue weighted by atomic mass is 10.1. The fourth-order valence-electron chi connectivity index (χ4n) is 2.44. The Balaban J connectivity index is 2.16. The minimum absolute atomic E-state index is 0.0645. The molecule has 0 saturated heterocycles. The smallest absolute Gasteiger partial charge is 0.329 e. The third-order valence-electron chi connectivity index (χ3n) is 3.78. The lowest BCUT2D eigenvalue weighted by Gasteiger charge is -2.23. The number of esters is 1. The predicted molar refractivity (Wildman–Crippen MR) is 95.3 cm³/mol. The highest BCUT2D eigenvalue weighted by Gasteiger charge is 2.42. The highest BCUT2D eigenvalue weighted by molar-refractivity contribution is 6.43. The van der Waals surface area contributed by atoms with E-state index in [0.717, 1.165) is 4.90 Å². The quantitative estimate of drug-likeness (QED) is 0.604. The molecule has 1 aromatic rings. The van der Waals surface area contributed by atoms with Gasteiger partial charge in [-0.2, -0.15) is 0 Å². The molecule has 140 valence electrons. The van der Waals surface area contributed by atoms with E-state index in [2.05, 4.69) is 5.32 Å². The van der Waals surface area contributed by atoms with Crippen molar-refractivity contribution in [1.82, 2.24) is 10.2 Å². The number of benzene rings is 1. The molecule has 1 aliphatic rings. The van der Waals surface area contributed by atoms with Crippen molar-refractivity contribution in [2.45, 2.75) is 45.9 Å². The molecule has 0 aromatic heterocycles. The Labute approximate surface area is 160 Å². The monoisotopic (exact) mass is 400 g/mol. The molecule has 1 aliphatic heterocycles. The van der Waals surface area contributed by atoms with Gasteiger partial charge in [-0.3, -0.25) is 19.3 Å². The van der Waals surface area contributed by atoms with Crippen LogP contribution in [0.3, 0.4) is 0 Å². The number of nitrogens with zero attached hydrogens (tertiary/aromatic N) is 1. The van der Waals surface area contributed by atoms with Crippen LogP contribution < -0.4 is 5.32 Å². The van der Waals surface area contributed by atoms with E-state index in [0.29, 0.717) is 0 Å². The van der Waals surface area contributed by atoms with Crippen molar-refractivity contribution in [3.8, 4) is 0 Å². The Morgan fingerprint density at radius 1 is 1.00 bits per heavy atom. The molecule has 0 spiro atoms. The van der Waals surface area contributed by atoms with E-state index in [9.17, 15) is 19.2 Å². The first kappa shape index (κ1) is 20.2. The molecule has 0 bridgehead atoms. The minimum Gasteiger partial charge on any atom is -0.451 e. The highest BCUT2D eigenvalue weighted by atomic mass is 35.5. The van der Waals surface area contributed by atoms with Crippen LogP contribution in [0.5, 0.6) is 0 Å². The summed E-state index contributed by atoms with van der Waals surface area (Å²) >= 11 is 11.8. The summed E-state index contributed by atoms with van der Waals surface area (Å²) in [6.07, 6.45) is -1.06. The number of ether oxygens (including phenoxy) is 1. The number of hydrogen-bond donors (Lipinski definition) is 1. The molecule has 7 nitrogen and oxygen atoms in total. The molecule has 26 heavy (non-hydrogen) atoms. The van der Waals surface area contributed by atoms with E-state index < -0.39 is 35.8 Å². The fraction of sp³-hybridized carbons (Fsp3) is 0.412. The lowest BCUT2D eigenvalue weighted by molar-refractivity contribution is -0.158. The van der Waals surface area contributed by atoms with Gasteiger partial charge >= 0.3 is 5.97 Å². The van der Waals surface area contributed by atoms with Gasteiger partial charge in [0, 0.05) is 6.04 Å². The summed E-state index contributed by atoms with van der Waals surface area (Å²) in [5.41, 5.74) is 0.129. The number of carbonyl (C=O) groups excluding carboxylic acids is 4. The standard InChI is InChI=1S/C17H18Cl2N2O5/c1-7(2)20-14(22)9(4)26-17(25)8(3)21-15(23)10-5-12(18)13(19)6-11(10)16(21)24/h5-9H,1-4H3,(H,20,22)/t8-,9+/m0/s1. The summed E-state index contributed by atoms with van der Waals surface area (Å²) in [4.78, 5) is 49.9. The average Bonchev–Trinajstić information content (AvgIpc) is 2.77. The number of hydrogen-bond acceptors (Lipinski definition) is 5. The maximum absolute atomic E-state index is 12.5. The second kappa shape index (κ2) is 7.63. The van der Waals surface area contributed by atoms with Crippen LogP contribution in [0.15, 0.2) is 12.1 Å². The van der Waals surface area contributed by atoms with Crippen molar-refractivity contribution in [3.63, 3.8) is 0 Å². The summed E-state index contributed by atoms with van der Waals surface area (Å²) in [5, 5.41) is 2.86. The molecular formula is C17H18Cl2N2O5. The van der Waals surface area contributed by atoms with E-state index in [1.807, 2.05) is 0 Å². The first-order valence-corrected chi connectivity index (χ1v) is 8.68. The van der Waals surface area contributed by atoms with Gasteiger partial charge in [-0.1, -0.05) is 23.2 Å². The molecule has 9 heteroatoms. The third kappa shape index (κ3) is 3.83. The molecular weight excluding hydrogens is 383 g/mol. The van der Waals surface area contributed by atoms with Crippen molar-refractivity contribution in [3.05, 3.63) is 33.3 Å². The van der Waals surface area contributed by atoms with E-state index >= 15 is 0 Å². The predicted octanol–water partition coefficient (Wildman–Crippen LogP) is 2.43. The van der Waals surface area contributed by atoms with Crippen LogP contribution in [-0.2, 0) is 14.3 Å². The first-order valence-electron chi connectivity index (χ1n) is 7.92. The van der Waals surface area contributed by atoms with Crippen LogP contribution in [0.25, 0.3) is 0 Å². The molecule has 2 rings (SSSR count).